The average molecular weight is 487 g/mol. The number of amides is 3. The number of benzene rings is 1. The molecule has 1 heterocycles. The van der Waals surface area contributed by atoms with Crippen LogP contribution in [0, 0.1) is 11.8 Å². The van der Waals surface area contributed by atoms with E-state index in [1.807, 2.05) is 12.2 Å². The lowest BCUT2D eigenvalue weighted by Gasteiger charge is -2.43. The Hall–Kier alpha value is -3.00. The first-order chi connectivity index (χ1) is 16.3. The fourth-order valence-electron chi connectivity index (χ4n) is 5.28. The lowest BCUT2D eigenvalue weighted by atomic mass is 9.74. The minimum atomic E-state index is -1.23. The van der Waals surface area contributed by atoms with Gasteiger partial charge in [-0.1, -0.05) is 42.0 Å². The Morgan fingerprint density at radius 1 is 1.09 bits per heavy atom. The zero-order valence-electron chi connectivity index (χ0n) is 19.0. The van der Waals surface area contributed by atoms with Crippen molar-refractivity contribution in [1.29, 1.82) is 0 Å². The molecule has 0 spiro atoms. The second kappa shape index (κ2) is 9.70. The predicted octanol–water partition coefficient (Wildman–Crippen LogP) is 2.63. The van der Waals surface area contributed by atoms with Crippen LogP contribution in [0.25, 0.3) is 0 Å². The van der Waals surface area contributed by atoms with E-state index in [4.69, 9.17) is 16.3 Å². The SMILES string of the molecule is CN(C(=O)COC(=O)CN1C(=O)[C@@H]2CC=CC[C@H]2C1=O)[C@@]1(c2ccccc2Cl)CCCCC1=O. The topological polar surface area (TPSA) is 101 Å². The summed E-state index contributed by atoms with van der Waals surface area (Å²) in [6.07, 6.45) is 6.89. The van der Waals surface area contributed by atoms with Crippen LogP contribution in [-0.4, -0.2) is 59.5 Å². The maximum Gasteiger partial charge on any atom is 0.326 e. The Bertz CT molecular complexity index is 1040. The zero-order chi connectivity index (χ0) is 24.5. The summed E-state index contributed by atoms with van der Waals surface area (Å²) in [5.41, 5.74) is -0.683. The van der Waals surface area contributed by atoms with Crippen LogP contribution in [0.15, 0.2) is 36.4 Å². The van der Waals surface area contributed by atoms with Crippen molar-refractivity contribution in [3.63, 3.8) is 0 Å². The summed E-state index contributed by atoms with van der Waals surface area (Å²) in [5, 5.41) is 0.386. The summed E-state index contributed by atoms with van der Waals surface area (Å²) >= 11 is 6.41. The number of likely N-dealkylation sites (tertiary alicyclic amines) is 1. The number of hydrogen-bond donors (Lipinski definition) is 0. The molecule has 0 unspecified atom stereocenters. The van der Waals surface area contributed by atoms with Gasteiger partial charge in [0, 0.05) is 24.1 Å². The molecule has 1 aromatic rings. The molecule has 3 atom stereocenters. The van der Waals surface area contributed by atoms with Crippen molar-refractivity contribution in [2.45, 2.75) is 44.1 Å². The second-order valence-electron chi connectivity index (χ2n) is 9.00. The Kier molecular flexibility index (Phi) is 6.89. The molecule has 1 aromatic carbocycles. The predicted molar refractivity (Wildman–Crippen MR) is 122 cm³/mol. The number of carbonyl (C=O) groups is 5. The van der Waals surface area contributed by atoms with Gasteiger partial charge in [-0.15, -0.1) is 0 Å². The van der Waals surface area contributed by atoms with Crippen molar-refractivity contribution >= 4 is 41.1 Å². The molecule has 180 valence electrons. The quantitative estimate of drug-likeness (QED) is 0.348. The van der Waals surface area contributed by atoms with E-state index in [9.17, 15) is 24.0 Å². The molecule has 0 N–H and O–H groups in total. The third-order valence-corrected chi connectivity index (χ3v) is 7.49. The van der Waals surface area contributed by atoms with Crippen LogP contribution in [0.5, 0.6) is 0 Å². The number of rotatable bonds is 6. The molecule has 1 aliphatic heterocycles. The fourth-order valence-corrected chi connectivity index (χ4v) is 5.57. The molecule has 0 bridgehead atoms. The molecule has 8 nitrogen and oxygen atoms in total. The minimum absolute atomic E-state index is 0.112. The van der Waals surface area contributed by atoms with Gasteiger partial charge >= 0.3 is 5.97 Å². The molecule has 3 amide bonds. The number of Topliss-reactive ketones (excluding diaryl/α,β-unsaturated/α-hetero) is 1. The maximum absolute atomic E-state index is 13.1. The number of imide groups is 1. The minimum Gasteiger partial charge on any atom is -0.454 e. The number of nitrogens with zero attached hydrogens (tertiary/aromatic N) is 2. The van der Waals surface area contributed by atoms with Crippen LogP contribution in [0.4, 0.5) is 0 Å². The molecular formula is C25H27ClN2O6. The summed E-state index contributed by atoms with van der Waals surface area (Å²) in [7, 11) is 1.51. The lowest BCUT2D eigenvalue weighted by molar-refractivity contribution is -0.160. The number of fused-ring (bicyclic) bond motifs is 1. The third-order valence-electron chi connectivity index (χ3n) is 7.16. The number of ketones is 1. The Labute approximate surface area is 202 Å². The highest BCUT2D eigenvalue weighted by Gasteiger charge is 2.49. The monoisotopic (exact) mass is 486 g/mol. The van der Waals surface area contributed by atoms with Crippen LogP contribution in [0.3, 0.4) is 0 Å². The van der Waals surface area contributed by atoms with Crippen LogP contribution >= 0.6 is 11.6 Å². The van der Waals surface area contributed by atoms with Gasteiger partial charge in [-0.25, -0.2) is 0 Å². The Balaban J connectivity index is 1.43. The lowest BCUT2D eigenvalue weighted by Crippen LogP contribution is -2.55. The summed E-state index contributed by atoms with van der Waals surface area (Å²) in [5.74, 6) is -3.18. The van der Waals surface area contributed by atoms with Crippen molar-refractivity contribution in [1.82, 2.24) is 9.80 Å². The second-order valence-corrected chi connectivity index (χ2v) is 9.41. The van der Waals surface area contributed by atoms with E-state index in [0.717, 1.165) is 17.7 Å². The Morgan fingerprint density at radius 2 is 1.74 bits per heavy atom. The number of allylic oxidation sites excluding steroid dienone is 2. The number of halogens is 1. The van der Waals surface area contributed by atoms with E-state index >= 15 is 0 Å². The molecule has 34 heavy (non-hydrogen) atoms. The normalized spacial score (nSPS) is 26.4. The number of likely N-dealkylation sites (N-methyl/N-ethyl adjacent to an activating group) is 1. The molecule has 4 rings (SSSR count). The van der Waals surface area contributed by atoms with E-state index in [1.54, 1.807) is 24.3 Å². The molecule has 0 aromatic heterocycles. The van der Waals surface area contributed by atoms with Crippen molar-refractivity contribution in [3.8, 4) is 0 Å². The van der Waals surface area contributed by atoms with Gasteiger partial charge in [0.2, 0.25) is 11.8 Å². The fraction of sp³-hybridized carbons (Fsp3) is 0.480. The number of carbonyl (C=O) groups excluding carboxylic acids is 5. The largest absolute Gasteiger partial charge is 0.454 e. The first-order valence-corrected chi connectivity index (χ1v) is 11.9. The molecule has 3 aliphatic rings. The first-order valence-electron chi connectivity index (χ1n) is 11.5. The van der Waals surface area contributed by atoms with E-state index in [-0.39, 0.29) is 17.6 Å². The molecule has 9 heteroatoms. The highest BCUT2D eigenvalue weighted by molar-refractivity contribution is 6.31. The van der Waals surface area contributed by atoms with E-state index in [0.29, 0.717) is 36.3 Å². The van der Waals surface area contributed by atoms with Gasteiger partial charge in [-0.05, 0) is 38.2 Å². The van der Waals surface area contributed by atoms with E-state index in [2.05, 4.69) is 0 Å². The van der Waals surface area contributed by atoms with Crippen LogP contribution < -0.4 is 0 Å². The van der Waals surface area contributed by atoms with Crippen molar-refractivity contribution in [3.05, 3.63) is 47.0 Å². The summed E-state index contributed by atoms with van der Waals surface area (Å²) in [6.45, 7) is -1.14. The van der Waals surface area contributed by atoms with Crippen LogP contribution in [0.2, 0.25) is 5.02 Å². The van der Waals surface area contributed by atoms with Gasteiger partial charge < -0.3 is 9.64 Å². The first kappa shape index (κ1) is 24.1. The van der Waals surface area contributed by atoms with Gasteiger partial charge in [-0.2, -0.15) is 0 Å². The summed E-state index contributed by atoms with van der Waals surface area (Å²) < 4.78 is 5.14. The summed E-state index contributed by atoms with van der Waals surface area (Å²) in [6, 6.07) is 6.93. The molecule has 2 fully saturated rings. The smallest absolute Gasteiger partial charge is 0.326 e. The third kappa shape index (κ3) is 4.15. The van der Waals surface area contributed by atoms with Gasteiger partial charge in [0.1, 0.15) is 12.1 Å². The van der Waals surface area contributed by atoms with Gasteiger partial charge in [0.25, 0.3) is 5.91 Å². The molecule has 0 radical (unpaired) electrons. The van der Waals surface area contributed by atoms with Crippen molar-refractivity contribution in [2.75, 3.05) is 20.2 Å². The van der Waals surface area contributed by atoms with Crippen LogP contribution in [0.1, 0.15) is 44.1 Å². The number of ether oxygens (including phenoxy) is 1. The Morgan fingerprint density at radius 3 is 2.35 bits per heavy atom. The molecule has 1 saturated heterocycles. The highest BCUT2D eigenvalue weighted by atomic mass is 35.5. The molecule has 1 saturated carbocycles. The van der Waals surface area contributed by atoms with Gasteiger partial charge in [0.15, 0.2) is 12.4 Å². The number of hydrogen-bond acceptors (Lipinski definition) is 6. The maximum atomic E-state index is 13.1. The highest BCUT2D eigenvalue weighted by Crippen LogP contribution is 2.42. The standard InChI is InChI=1S/C25H27ClN2O6/c1-27(25(13-7-6-12-20(25)29)18-10-4-5-11-19(18)26)21(30)15-34-22(31)14-28-23(32)16-8-2-3-9-17(16)24(28)33/h2-5,10-11,16-17H,6-9,12-15H2,1H3/t16-,17-,25-/m1/s1. The van der Waals surface area contributed by atoms with E-state index < -0.39 is 42.4 Å². The van der Waals surface area contributed by atoms with Gasteiger partial charge in [-0.3, -0.25) is 28.9 Å². The number of esters is 1. The average Bonchev–Trinajstić information content (AvgIpc) is 3.08. The van der Waals surface area contributed by atoms with Crippen molar-refractivity contribution in [2.24, 2.45) is 11.8 Å². The van der Waals surface area contributed by atoms with Gasteiger partial charge in [0.05, 0.1) is 11.8 Å². The van der Waals surface area contributed by atoms with E-state index in [1.165, 1.54) is 11.9 Å². The zero-order valence-corrected chi connectivity index (χ0v) is 19.8. The molecular weight excluding hydrogens is 460 g/mol. The van der Waals surface area contributed by atoms with Crippen LogP contribution in [-0.2, 0) is 34.2 Å². The summed E-state index contributed by atoms with van der Waals surface area (Å²) in [4.78, 5) is 65.9. The van der Waals surface area contributed by atoms with Crippen molar-refractivity contribution < 1.29 is 28.7 Å². The molecule has 2 aliphatic carbocycles.